The normalized spacial score (nSPS) is 20.4. The maximum Gasteiger partial charge on any atom is 0.0188 e. The van der Waals surface area contributed by atoms with Gasteiger partial charge in [0.15, 0.2) is 0 Å². The minimum Gasteiger partial charge on any atom is -0.298 e. The van der Waals surface area contributed by atoms with Crippen molar-refractivity contribution >= 4 is 0 Å². The Bertz CT molecular complexity index is 513. The number of hydrogen-bond donors (Lipinski definition) is 0. The zero-order chi connectivity index (χ0) is 21.6. The highest BCUT2D eigenvalue weighted by atomic mass is 15.3. The van der Waals surface area contributed by atoms with E-state index in [-0.39, 0.29) is 0 Å². The van der Waals surface area contributed by atoms with Gasteiger partial charge in [0.1, 0.15) is 0 Å². The van der Waals surface area contributed by atoms with Gasteiger partial charge in [-0.05, 0) is 33.6 Å². The van der Waals surface area contributed by atoms with Gasteiger partial charge in [-0.3, -0.25) is 19.6 Å². The van der Waals surface area contributed by atoms with Crippen LogP contribution in [0.25, 0.3) is 0 Å². The molecule has 1 saturated heterocycles. The van der Waals surface area contributed by atoms with Crippen molar-refractivity contribution in [1.29, 1.82) is 0 Å². The first-order valence-corrected chi connectivity index (χ1v) is 11.3. The third kappa shape index (κ3) is 11.5. The van der Waals surface area contributed by atoms with Crippen molar-refractivity contribution in [3.63, 3.8) is 0 Å². The van der Waals surface area contributed by atoms with Crippen LogP contribution >= 0.6 is 0 Å². The Morgan fingerprint density at radius 1 is 0.759 bits per heavy atom. The van der Waals surface area contributed by atoms with Crippen LogP contribution in [0.1, 0.15) is 33.6 Å². The summed E-state index contributed by atoms with van der Waals surface area (Å²) in [6.07, 6.45) is 6.34. The first kappa shape index (κ1) is 25.8. The molecule has 1 fully saturated rings. The van der Waals surface area contributed by atoms with Crippen LogP contribution in [0.5, 0.6) is 0 Å². The lowest BCUT2D eigenvalue weighted by Crippen LogP contribution is -2.48. The number of nitrogens with zero attached hydrogens (tertiary/aromatic N) is 4. The van der Waals surface area contributed by atoms with Crippen LogP contribution in [0.15, 0.2) is 49.6 Å². The SMILES string of the molecule is C=CCCC(C)N1CCN(CC=C)CCN(CC(=C)C)CCN(CC(=C)C)CC1. The quantitative estimate of drug-likeness (QED) is 0.514. The Balaban J connectivity index is 2.90. The molecule has 1 heterocycles. The summed E-state index contributed by atoms with van der Waals surface area (Å²) in [5.41, 5.74) is 2.48. The highest BCUT2D eigenvalue weighted by Crippen LogP contribution is 2.10. The highest BCUT2D eigenvalue weighted by Gasteiger charge is 2.19. The predicted molar refractivity (Wildman–Crippen MR) is 130 cm³/mol. The van der Waals surface area contributed by atoms with E-state index in [1.54, 1.807) is 0 Å². The van der Waals surface area contributed by atoms with Gasteiger partial charge in [-0.15, -0.1) is 13.2 Å². The fourth-order valence-corrected chi connectivity index (χ4v) is 3.98. The van der Waals surface area contributed by atoms with Crippen molar-refractivity contribution in [2.24, 2.45) is 0 Å². The molecule has 1 rings (SSSR count). The van der Waals surface area contributed by atoms with Crippen LogP contribution in [-0.4, -0.2) is 97.6 Å². The molecule has 0 saturated carbocycles. The molecule has 0 aromatic rings. The van der Waals surface area contributed by atoms with Crippen LogP contribution in [0.4, 0.5) is 0 Å². The topological polar surface area (TPSA) is 13.0 Å². The fourth-order valence-electron chi connectivity index (χ4n) is 3.98. The number of hydrogen-bond acceptors (Lipinski definition) is 4. The Hall–Kier alpha value is -1.20. The molecule has 1 atom stereocenters. The molecule has 0 amide bonds. The van der Waals surface area contributed by atoms with Gasteiger partial charge in [0, 0.05) is 78.0 Å². The van der Waals surface area contributed by atoms with Gasteiger partial charge in [-0.25, -0.2) is 0 Å². The molecule has 0 bridgehead atoms. The van der Waals surface area contributed by atoms with Crippen molar-refractivity contribution in [3.05, 3.63) is 49.6 Å². The summed E-state index contributed by atoms with van der Waals surface area (Å²) in [5, 5.41) is 0. The van der Waals surface area contributed by atoms with Gasteiger partial charge in [0.05, 0.1) is 0 Å². The second-order valence-corrected chi connectivity index (χ2v) is 8.81. The van der Waals surface area contributed by atoms with E-state index in [0.717, 1.165) is 78.4 Å². The third-order valence-electron chi connectivity index (χ3n) is 5.66. The van der Waals surface area contributed by atoms with Gasteiger partial charge in [0.25, 0.3) is 0 Å². The molecule has 0 N–H and O–H groups in total. The zero-order valence-electron chi connectivity index (χ0n) is 19.5. The molecule has 1 unspecified atom stereocenters. The van der Waals surface area contributed by atoms with Gasteiger partial charge in [-0.1, -0.05) is 36.5 Å². The average Bonchev–Trinajstić information content (AvgIpc) is 2.65. The lowest BCUT2D eigenvalue weighted by Gasteiger charge is -2.36. The largest absolute Gasteiger partial charge is 0.298 e. The minimum atomic E-state index is 0.577. The monoisotopic (exact) mass is 402 g/mol. The van der Waals surface area contributed by atoms with Crippen molar-refractivity contribution in [2.75, 3.05) is 72.0 Å². The molecule has 0 aromatic carbocycles. The first-order chi connectivity index (χ1) is 13.8. The lowest BCUT2D eigenvalue weighted by molar-refractivity contribution is 0.122. The third-order valence-corrected chi connectivity index (χ3v) is 5.66. The molecule has 4 nitrogen and oxygen atoms in total. The molecule has 0 radical (unpaired) electrons. The molecule has 0 aromatic heterocycles. The van der Waals surface area contributed by atoms with E-state index in [2.05, 4.69) is 66.7 Å². The van der Waals surface area contributed by atoms with E-state index < -0.39 is 0 Å². The molecule has 1 aliphatic rings. The summed E-state index contributed by atoms with van der Waals surface area (Å²) in [7, 11) is 0. The molecular weight excluding hydrogens is 356 g/mol. The summed E-state index contributed by atoms with van der Waals surface area (Å²) < 4.78 is 0. The van der Waals surface area contributed by atoms with Gasteiger partial charge < -0.3 is 0 Å². The molecule has 0 spiro atoms. The van der Waals surface area contributed by atoms with Crippen LogP contribution < -0.4 is 0 Å². The highest BCUT2D eigenvalue weighted by molar-refractivity contribution is 4.94. The van der Waals surface area contributed by atoms with Crippen LogP contribution in [0, 0.1) is 0 Å². The van der Waals surface area contributed by atoms with E-state index in [1.165, 1.54) is 17.6 Å². The predicted octanol–water partition coefficient (Wildman–Crippen LogP) is 3.90. The Kier molecular flexibility index (Phi) is 13.1. The van der Waals surface area contributed by atoms with Crippen molar-refractivity contribution in [1.82, 2.24) is 19.6 Å². The minimum absolute atomic E-state index is 0.577. The van der Waals surface area contributed by atoms with Gasteiger partial charge >= 0.3 is 0 Å². The van der Waals surface area contributed by atoms with Crippen LogP contribution in [0.3, 0.4) is 0 Å². The maximum atomic E-state index is 4.16. The summed E-state index contributed by atoms with van der Waals surface area (Å²) in [4.78, 5) is 10.3. The zero-order valence-corrected chi connectivity index (χ0v) is 19.5. The summed E-state index contributed by atoms with van der Waals surface area (Å²) in [6, 6.07) is 0.577. The Morgan fingerprint density at radius 2 is 1.21 bits per heavy atom. The Morgan fingerprint density at radius 3 is 1.66 bits per heavy atom. The van der Waals surface area contributed by atoms with Crippen LogP contribution in [0.2, 0.25) is 0 Å². The van der Waals surface area contributed by atoms with Gasteiger partial charge in [-0.2, -0.15) is 0 Å². The van der Waals surface area contributed by atoms with Crippen molar-refractivity contribution < 1.29 is 0 Å². The molecule has 0 aliphatic carbocycles. The average molecular weight is 403 g/mol. The van der Waals surface area contributed by atoms with Crippen molar-refractivity contribution in [2.45, 2.75) is 39.7 Å². The van der Waals surface area contributed by atoms with Crippen LogP contribution in [-0.2, 0) is 0 Å². The summed E-state index contributed by atoms with van der Waals surface area (Å²) >= 11 is 0. The molecule has 4 heteroatoms. The van der Waals surface area contributed by atoms with E-state index in [9.17, 15) is 0 Å². The second-order valence-electron chi connectivity index (χ2n) is 8.81. The molecule has 29 heavy (non-hydrogen) atoms. The van der Waals surface area contributed by atoms with E-state index >= 15 is 0 Å². The number of allylic oxidation sites excluding steroid dienone is 1. The summed E-state index contributed by atoms with van der Waals surface area (Å²) in [5.74, 6) is 0. The summed E-state index contributed by atoms with van der Waals surface area (Å²) in [6.45, 7) is 34.4. The Labute approximate surface area is 181 Å². The second kappa shape index (κ2) is 14.7. The standard InChI is InChI=1S/C25H46N4/c1-8-10-11-25(7)29-19-17-26(12-9-2)13-14-27(21-23(3)4)15-16-28(18-20-29)22-24(5)6/h8-9,25H,1-3,5,10-22H2,4,6-7H3. The van der Waals surface area contributed by atoms with Gasteiger partial charge in [0.2, 0.25) is 0 Å². The lowest BCUT2D eigenvalue weighted by atomic mass is 10.1. The van der Waals surface area contributed by atoms with E-state index in [1.807, 2.05) is 12.2 Å². The molecule has 166 valence electrons. The maximum absolute atomic E-state index is 4.16. The first-order valence-electron chi connectivity index (χ1n) is 11.3. The number of rotatable bonds is 10. The van der Waals surface area contributed by atoms with E-state index in [0.29, 0.717) is 6.04 Å². The smallest absolute Gasteiger partial charge is 0.0188 e. The van der Waals surface area contributed by atoms with Crippen molar-refractivity contribution in [3.8, 4) is 0 Å². The molecular formula is C25H46N4. The van der Waals surface area contributed by atoms with E-state index in [4.69, 9.17) is 0 Å². The fraction of sp³-hybridized carbons (Fsp3) is 0.680. The molecule has 1 aliphatic heterocycles.